The molecule has 0 amide bonds. The number of ether oxygens (including phenoxy) is 2. The van der Waals surface area contributed by atoms with Crippen LogP contribution in [0.3, 0.4) is 0 Å². The average molecular weight is 305 g/mol. The Morgan fingerprint density at radius 1 is 1.43 bits per heavy atom. The van der Waals surface area contributed by atoms with E-state index in [0.29, 0.717) is 12.8 Å². The van der Waals surface area contributed by atoms with Crippen molar-refractivity contribution in [2.45, 2.75) is 25.5 Å². The second-order valence-electron chi connectivity index (χ2n) is 5.67. The highest BCUT2D eigenvalue weighted by Crippen LogP contribution is 2.36. The minimum absolute atomic E-state index is 0.337. The van der Waals surface area contributed by atoms with Crippen molar-refractivity contribution < 1.29 is 9.47 Å². The third-order valence-corrected chi connectivity index (χ3v) is 4.46. The van der Waals surface area contributed by atoms with E-state index in [9.17, 15) is 0 Å². The van der Waals surface area contributed by atoms with Gasteiger partial charge in [0.25, 0.3) is 0 Å². The maximum atomic E-state index is 6.37. The van der Waals surface area contributed by atoms with E-state index in [2.05, 4.69) is 9.88 Å². The highest BCUT2D eigenvalue weighted by Gasteiger charge is 2.25. The van der Waals surface area contributed by atoms with Gasteiger partial charge < -0.3 is 9.47 Å². The molecule has 4 nitrogen and oxygen atoms in total. The fourth-order valence-corrected chi connectivity index (χ4v) is 3.43. The van der Waals surface area contributed by atoms with Gasteiger partial charge in [0.05, 0.1) is 11.1 Å². The van der Waals surface area contributed by atoms with Gasteiger partial charge in [-0.2, -0.15) is 0 Å². The molecule has 0 bridgehead atoms. The SMILES string of the molecule is Clc1cc2c(c3ncccc13)OCN(C[C@@H]1CCCO1)C2. The molecule has 0 unspecified atom stereocenters. The van der Waals surface area contributed by atoms with Gasteiger partial charge in [0, 0.05) is 36.8 Å². The second kappa shape index (κ2) is 5.44. The smallest absolute Gasteiger partial charge is 0.152 e. The van der Waals surface area contributed by atoms with E-state index in [1.54, 1.807) is 6.20 Å². The van der Waals surface area contributed by atoms with E-state index >= 15 is 0 Å². The molecule has 21 heavy (non-hydrogen) atoms. The summed E-state index contributed by atoms with van der Waals surface area (Å²) in [7, 11) is 0. The van der Waals surface area contributed by atoms with Crippen molar-refractivity contribution >= 4 is 22.5 Å². The summed E-state index contributed by atoms with van der Waals surface area (Å²) in [5.41, 5.74) is 1.97. The minimum Gasteiger partial charge on any atom is -0.475 e. The molecule has 2 aliphatic rings. The van der Waals surface area contributed by atoms with Crippen LogP contribution in [0.15, 0.2) is 24.4 Å². The molecule has 1 aromatic heterocycles. The van der Waals surface area contributed by atoms with E-state index in [0.717, 1.165) is 59.8 Å². The molecule has 2 aliphatic heterocycles. The Hall–Kier alpha value is -1.36. The predicted octanol–water partition coefficient (Wildman–Crippen LogP) is 3.22. The van der Waals surface area contributed by atoms with Crippen molar-refractivity contribution in [3.05, 3.63) is 35.0 Å². The molecule has 0 saturated carbocycles. The number of fused-ring (bicyclic) bond motifs is 3. The van der Waals surface area contributed by atoms with Crippen molar-refractivity contribution in [3.8, 4) is 5.75 Å². The summed E-state index contributed by atoms with van der Waals surface area (Å²) in [6, 6.07) is 5.88. The molecule has 0 aliphatic carbocycles. The van der Waals surface area contributed by atoms with Crippen molar-refractivity contribution in [2.24, 2.45) is 0 Å². The third kappa shape index (κ3) is 2.48. The second-order valence-corrected chi connectivity index (χ2v) is 6.07. The van der Waals surface area contributed by atoms with Crippen LogP contribution in [-0.4, -0.2) is 35.9 Å². The lowest BCUT2D eigenvalue weighted by Crippen LogP contribution is -2.37. The van der Waals surface area contributed by atoms with Gasteiger partial charge in [0.1, 0.15) is 12.2 Å². The average Bonchev–Trinajstić information content (AvgIpc) is 3.00. The summed E-state index contributed by atoms with van der Waals surface area (Å²) < 4.78 is 11.7. The lowest BCUT2D eigenvalue weighted by molar-refractivity contribution is 0.0286. The third-order valence-electron chi connectivity index (χ3n) is 4.14. The summed E-state index contributed by atoms with van der Waals surface area (Å²) in [4.78, 5) is 6.70. The lowest BCUT2D eigenvalue weighted by atomic mass is 10.1. The van der Waals surface area contributed by atoms with Crippen LogP contribution in [0.5, 0.6) is 5.75 Å². The minimum atomic E-state index is 0.337. The highest BCUT2D eigenvalue weighted by molar-refractivity contribution is 6.35. The number of hydrogen-bond acceptors (Lipinski definition) is 4. The van der Waals surface area contributed by atoms with Crippen LogP contribution in [0.4, 0.5) is 0 Å². The summed E-state index contributed by atoms with van der Waals surface area (Å²) >= 11 is 6.37. The van der Waals surface area contributed by atoms with E-state index in [1.807, 2.05) is 18.2 Å². The standard InChI is InChI=1S/C16H17ClN2O2/c17-14-7-11-8-19(9-12-3-2-6-20-12)10-21-16(11)15-13(14)4-1-5-18-15/h1,4-5,7,12H,2-3,6,8-10H2/t12-/m0/s1. The first-order chi connectivity index (χ1) is 10.3. The summed E-state index contributed by atoms with van der Waals surface area (Å²) in [6.45, 7) is 3.22. The zero-order valence-electron chi connectivity index (χ0n) is 11.7. The number of pyridine rings is 1. The molecule has 1 atom stereocenters. The van der Waals surface area contributed by atoms with Crippen LogP contribution in [0.1, 0.15) is 18.4 Å². The Morgan fingerprint density at radius 2 is 2.38 bits per heavy atom. The Kier molecular flexibility index (Phi) is 3.45. The van der Waals surface area contributed by atoms with Crippen LogP contribution in [0, 0.1) is 0 Å². The summed E-state index contributed by atoms with van der Waals surface area (Å²) in [6.07, 6.45) is 4.42. The highest BCUT2D eigenvalue weighted by atomic mass is 35.5. The summed E-state index contributed by atoms with van der Waals surface area (Å²) in [5.74, 6) is 0.874. The number of hydrogen-bond donors (Lipinski definition) is 0. The Labute approximate surface area is 128 Å². The van der Waals surface area contributed by atoms with Gasteiger partial charge in [0.15, 0.2) is 5.75 Å². The number of halogens is 1. The van der Waals surface area contributed by atoms with E-state index in [4.69, 9.17) is 21.1 Å². The number of benzene rings is 1. The molecule has 1 aromatic carbocycles. The number of aromatic nitrogens is 1. The van der Waals surface area contributed by atoms with Crippen LogP contribution >= 0.6 is 11.6 Å². The van der Waals surface area contributed by atoms with E-state index < -0.39 is 0 Å². The van der Waals surface area contributed by atoms with E-state index in [1.165, 1.54) is 0 Å². The summed E-state index contributed by atoms with van der Waals surface area (Å²) in [5, 5.41) is 1.69. The molecule has 110 valence electrons. The van der Waals surface area contributed by atoms with Gasteiger partial charge >= 0.3 is 0 Å². The maximum Gasteiger partial charge on any atom is 0.152 e. The molecule has 4 rings (SSSR count). The van der Waals surface area contributed by atoms with Gasteiger partial charge in [-0.05, 0) is 31.0 Å². The number of rotatable bonds is 2. The molecule has 0 radical (unpaired) electrons. The van der Waals surface area contributed by atoms with Crippen LogP contribution in [0.25, 0.3) is 10.9 Å². The quantitative estimate of drug-likeness (QED) is 0.853. The Balaban J connectivity index is 1.63. The van der Waals surface area contributed by atoms with Crippen molar-refractivity contribution in [1.29, 1.82) is 0 Å². The molecule has 3 heterocycles. The molecule has 2 aromatic rings. The monoisotopic (exact) mass is 304 g/mol. The van der Waals surface area contributed by atoms with Crippen LogP contribution in [-0.2, 0) is 11.3 Å². The topological polar surface area (TPSA) is 34.6 Å². The fourth-order valence-electron chi connectivity index (χ4n) is 3.14. The van der Waals surface area contributed by atoms with Gasteiger partial charge in [0.2, 0.25) is 0 Å². The largest absolute Gasteiger partial charge is 0.475 e. The van der Waals surface area contributed by atoms with Crippen molar-refractivity contribution in [2.75, 3.05) is 19.9 Å². The molecule has 0 spiro atoms. The maximum absolute atomic E-state index is 6.37. The fraction of sp³-hybridized carbons (Fsp3) is 0.438. The van der Waals surface area contributed by atoms with E-state index in [-0.39, 0.29) is 0 Å². The number of nitrogens with zero attached hydrogens (tertiary/aromatic N) is 2. The van der Waals surface area contributed by atoms with Crippen LogP contribution in [0.2, 0.25) is 5.02 Å². The molecule has 1 fully saturated rings. The molecular weight excluding hydrogens is 288 g/mol. The Bertz CT molecular complexity index is 671. The lowest BCUT2D eigenvalue weighted by Gasteiger charge is -2.31. The molecule has 5 heteroatoms. The normalized spacial score (nSPS) is 22.2. The van der Waals surface area contributed by atoms with Crippen LogP contribution < -0.4 is 4.74 Å². The Morgan fingerprint density at radius 3 is 3.24 bits per heavy atom. The van der Waals surface area contributed by atoms with Crippen molar-refractivity contribution in [3.63, 3.8) is 0 Å². The first-order valence-electron chi connectivity index (χ1n) is 7.34. The van der Waals surface area contributed by atoms with Gasteiger partial charge in [-0.1, -0.05) is 11.6 Å². The zero-order chi connectivity index (χ0) is 14.2. The molecule has 0 N–H and O–H groups in total. The van der Waals surface area contributed by atoms with Gasteiger partial charge in [-0.15, -0.1) is 0 Å². The predicted molar refractivity (Wildman–Crippen MR) is 81.6 cm³/mol. The first-order valence-corrected chi connectivity index (χ1v) is 7.72. The first kappa shape index (κ1) is 13.3. The van der Waals surface area contributed by atoms with Gasteiger partial charge in [-0.3, -0.25) is 9.88 Å². The van der Waals surface area contributed by atoms with Gasteiger partial charge in [-0.25, -0.2) is 0 Å². The zero-order valence-corrected chi connectivity index (χ0v) is 12.5. The van der Waals surface area contributed by atoms with Crippen molar-refractivity contribution in [1.82, 2.24) is 9.88 Å². The molecule has 1 saturated heterocycles. The molecular formula is C16H17ClN2O2.